The highest BCUT2D eigenvalue weighted by atomic mass is 32.2. The van der Waals surface area contributed by atoms with Gasteiger partial charge in [0.25, 0.3) is 0 Å². The van der Waals surface area contributed by atoms with E-state index in [-0.39, 0.29) is 23.8 Å². The molecule has 1 fully saturated rings. The van der Waals surface area contributed by atoms with Crippen LogP contribution in [-0.2, 0) is 19.7 Å². The van der Waals surface area contributed by atoms with Crippen LogP contribution in [0.3, 0.4) is 0 Å². The monoisotopic (exact) mass is 297 g/mol. The maximum Gasteiger partial charge on any atom is 0.155 e. The first kappa shape index (κ1) is 15.9. The lowest BCUT2D eigenvalue weighted by Gasteiger charge is -2.27. The third kappa shape index (κ3) is 3.45. The Bertz CT molecular complexity index is 502. The molecule has 5 nitrogen and oxygen atoms in total. The van der Waals surface area contributed by atoms with Gasteiger partial charge in [-0.05, 0) is 45.6 Å². The predicted octanol–water partition coefficient (Wildman–Crippen LogP) is 0.353. The Hall–Kier alpha value is -0.140. The lowest BCUT2D eigenvalue weighted by Crippen LogP contribution is -2.37. The molecule has 1 heterocycles. The summed E-state index contributed by atoms with van der Waals surface area (Å²) in [5.41, 5.74) is 5.12. The third-order valence-electron chi connectivity index (χ3n) is 3.74. The van der Waals surface area contributed by atoms with Crippen LogP contribution < -0.4 is 5.73 Å². The van der Waals surface area contributed by atoms with Gasteiger partial charge in [0.2, 0.25) is 0 Å². The SMILES string of the molecule is CC(C)(C)S(=O)(=O)CCC1(CN)CCS(=O)(=O)C1. The molecule has 1 saturated heterocycles. The minimum Gasteiger partial charge on any atom is -0.330 e. The first-order valence-electron chi connectivity index (χ1n) is 6.06. The van der Waals surface area contributed by atoms with E-state index in [1.165, 1.54) is 0 Å². The highest BCUT2D eigenvalue weighted by molar-refractivity contribution is 7.92. The molecule has 1 aliphatic rings. The van der Waals surface area contributed by atoms with Crippen LogP contribution in [0.2, 0.25) is 0 Å². The van der Waals surface area contributed by atoms with Crippen molar-refractivity contribution < 1.29 is 16.8 Å². The smallest absolute Gasteiger partial charge is 0.155 e. The molecule has 0 aromatic heterocycles. The summed E-state index contributed by atoms with van der Waals surface area (Å²) in [4.78, 5) is 0. The number of nitrogens with two attached hydrogens (primary N) is 1. The van der Waals surface area contributed by atoms with E-state index in [2.05, 4.69) is 0 Å². The van der Waals surface area contributed by atoms with Gasteiger partial charge in [-0.15, -0.1) is 0 Å². The van der Waals surface area contributed by atoms with E-state index in [0.717, 1.165) is 0 Å². The molecule has 0 aliphatic carbocycles. The normalized spacial score (nSPS) is 28.4. The van der Waals surface area contributed by atoms with Crippen LogP contribution >= 0.6 is 0 Å². The Kier molecular flexibility index (Phi) is 4.21. The number of hydrogen-bond acceptors (Lipinski definition) is 5. The fourth-order valence-corrected chi connectivity index (χ4v) is 5.64. The van der Waals surface area contributed by atoms with Crippen molar-refractivity contribution in [2.45, 2.75) is 38.4 Å². The van der Waals surface area contributed by atoms with E-state index in [0.29, 0.717) is 12.8 Å². The van der Waals surface area contributed by atoms with Gasteiger partial charge in [-0.1, -0.05) is 0 Å². The van der Waals surface area contributed by atoms with Gasteiger partial charge in [-0.2, -0.15) is 0 Å². The molecule has 2 N–H and O–H groups in total. The topological polar surface area (TPSA) is 94.3 Å². The zero-order valence-electron chi connectivity index (χ0n) is 11.3. The summed E-state index contributed by atoms with van der Waals surface area (Å²) >= 11 is 0. The molecule has 7 heteroatoms. The first-order valence-corrected chi connectivity index (χ1v) is 9.53. The van der Waals surface area contributed by atoms with Crippen molar-refractivity contribution >= 4 is 19.7 Å². The quantitative estimate of drug-likeness (QED) is 0.808. The van der Waals surface area contributed by atoms with E-state index >= 15 is 0 Å². The number of sulfone groups is 2. The summed E-state index contributed by atoms with van der Waals surface area (Å²) in [7, 11) is -6.27. The zero-order chi connectivity index (χ0) is 14.2. The van der Waals surface area contributed by atoms with E-state index in [9.17, 15) is 16.8 Å². The van der Waals surface area contributed by atoms with Gasteiger partial charge < -0.3 is 5.73 Å². The highest BCUT2D eigenvalue weighted by Gasteiger charge is 2.42. The van der Waals surface area contributed by atoms with Crippen molar-refractivity contribution in [1.29, 1.82) is 0 Å². The average Bonchev–Trinajstić information content (AvgIpc) is 2.51. The maximum absolute atomic E-state index is 12.0. The Morgan fingerprint density at radius 2 is 1.83 bits per heavy atom. The van der Waals surface area contributed by atoms with Gasteiger partial charge in [0.05, 0.1) is 22.0 Å². The van der Waals surface area contributed by atoms with Crippen LogP contribution in [0.25, 0.3) is 0 Å². The van der Waals surface area contributed by atoms with Gasteiger partial charge in [0.15, 0.2) is 19.7 Å². The second kappa shape index (κ2) is 4.76. The molecule has 0 saturated carbocycles. The van der Waals surface area contributed by atoms with Crippen LogP contribution in [0, 0.1) is 5.41 Å². The molecule has 1 aliphatic heterocycles. The van der Waals surface area contributed by atoms with E-state index in [1.54, 1.807) is 20.8 Å². The molecule has 0 bridgehead atoms. The molecule has 0 aromatic carbocycles. The van der Waals surface area contributed by atoms with Crippen molar-refractivity contribution in [3.05, 3.63) is 0 Å². The molecule has 1 atom stereocenters. The molecular formula is C11H23NO4S2. The Morgan fingerprint density at radius 3 is 2.17 bits per heavy atom. The average molecular weight is 297 g/mol. The number of rotatable bonds is 4. The Balaban J connectivity index is 2.80. The molecule has 0 radical (unpaired) electrons. The van der Waals surface area contributed by atoms with Crippen LogP contribution in [0.1, 0.15) is 33.6 Å². The van der Waals surface area contributed by atoms with Gasteiger partial charge >= 0.3 is 0 Å². The minimum absolute atomic E-state index is 0.00319. The van der Waals surface area contributed by atoms with Crippen LogP contribution in [0.5, 0.6) is 0 Å². The van der Waals surface area contributed by atoms with Crippen LogP contribution in [0.15, 0.2) is 0 Å². The molecule has 1 rings (SSSR count). The minimum atomic E-state index is -3.22. The molecule has 0 spiro atoms. The molecule has 18 heavy (non-hydrogen) atoms. The fraction of sp³-hybridized carbons (Fsp3) is 1.00. The standard InChI is InChI=1S/C11H23NO4S2/c1-10(2,3)18(15,16)7-5-11(8-12)4-6-17(13,14)9-11/h4-9,12H2,1-3H3. The second-order valence-electron chi connectivity index (χ2n) is 6.23. The summed E-state index contributed by atoms with van der Waals surface area (Å²) in [6.45, 7) is 5.19. The van der Waals surface area contributed by atoms with Crippen molar-refractivity contribution in [2.24, 2.45) is 11.1 Å². The lowest BCUT2D eigenvalue weighted by atomic mass is 9.85. The van der Waals surface area contributed by atoms with E-state index in [4.69, 9.17) is 5.73 Å². The van der Waals surface area contributed by atoms with Crippen molar-refractivity contribution in [1.82, 2.24) is 0 Å². The molecule has 108 valence electrons. The maximum atomic E-state index is 12.0. The van der Waals surface area contributed by atoms with Gasteiger partial charge in [0.1, 0.15) is 0 Å². The Morgan fingerprint density at radius 1 is 1.28 bits per heavy atom. The van der Waals surface area contributed by atoms with Crippen molar-refractivity contribution in [3.63, 3.8) is 0 Å². The summed E-state index contributed by atoms with van der Waals surface area (Å²) in [6, 6.07) is 0. The zero-order valence-corrected chi connectivity index (χ0v) is 12.9. The van der Waals surface area contributed by atoms with Gasteiger partial charge in [0, 0.05) is 0 Å². The Labute approximate surface area is 110 Å². The van der Waals surface area contributed by atoms with E-state index < -0.39 is 29.8 Å². The molecular weight excluding hydrogens is 274 g/mol. The summed E-state index contributed by atoms with van der Waals surface area (Å²) in [5.74, 6) is 0.152. The molecule has 0 amide bonds. The largest absolute Gasteiger partial charge is 0.330 e. The summed E-state index contributed by atoms with van der Waals surface area (Å²) in [5, 5.41) is 0. The highest BCUT2D eigenvalue weighted by Crippen LogP contribution is 2.36. The van der Waals surface area contributed by atoms with E-state index in [1.807, 2.05) is 0 Å². The summed E-state index contributed by atoms with van der Waals surface area (Å²) < 4.78 is 46.3. The molecule has 0 aromatic rings. The predicted molar refractivity (Wildman–Crippen MR) is 72.9 cm³/mol. The van der Waals surface area contributed by atoms with Crippen molar-refractivity contribution in [3.8, 4) is 0 Å². The van der Waals surface area contributed by atoms with Gasteiger partial charge in [-0.25, -0.2) is 16.8 Å². The first-order chi connectivity index (χ1) is 7.93. The van der Waals surface area contributed by atoms with Gasteiger partial charge in [-0.3, -0.25) is 0 Å². The molecule has 1 unspecified atom stereocenters. The van der Waals surface area contributed by atoms with Crippen LogP contribution in [-0.4, -0.2) is 45.4 Å². The lowest BCUT2D eigenvalue weighted by molar-refractivity contribution is 0.333. The van der Waals surface area contributed by atoms with Crippen LogP contribution in [0.4, 0.5) is 0 Å². The summed E-state index contributed by atoms with van der Waals surface area (Å²) in [6.07, 6.45) is 0.813. The van der Waals surface area contributed by atoms with Crippen molar-refractivity contribution in [2.75, 3.05) is 23.8 Å². The third-order valence-corrected chi connectivity index (χ3v) is 8.22. The number of hydrogen-bond donors (Lipinski definition) is 1. The fourth-order valence-electron chi connectivity index (χ4n) is 2.10. The second-order valence-corrected chi connectivity index (χ2v) is 11.3.